The Morgan fingerprint density at radius 2 is 2.16 bits per heavy atom. The molecule has 0 aliphatic carbocycles. The molecule has 1 aromatic carbocycles. The number of amides is 1. The molecule has 3 aromatic rings. The Hall–Kier alpha value is -2.67. The highest BCUT2D eigenvalue weighted by atomic mass is 32.1. The number of aryl methyl sites for hydroxylation is 1. The monoisotopic (exact) mass is 356 g/mol. The second kappa shape index (κ2) is 7.48. The minimum atomic E-state index is -0.0675. The van der Waals surface area contributed by atoms with Gasteiger partial charge in [-0.25, -0.2) is 0 Å². The summed E-state index contributed by atoms with van der Waals surface area (Å²) in [4.78, 5) is 17.4. The molecule has 0 aliphatic heterocycles. The molecule has 0 fully saturated rings. The van der Waals surface area contributed by atoms with Crippen LogP contribution in [0.1, 0.15) is 35.7 Å². The highest BCUT2D eigenvalue weighted by molar-refractivity contribution is 7.13. The van der Waals surface area contributed by atoms with Gasteiger partial charge in [-0.05, 0) is 56.0 Å². The van der Waals surface area contributed by atoms with Crippen LogP contribution in [0.15, 0.2) is 40.2 Å². The number of hydrogen-bond donors (Lipinski definition) is 2. The van der Waals surface area contributed by atoms with Crippen LogP contribution in [0.2, 0.25) is 0 Å². The molecule has 0 atom stereocenters. The van der Waals surface area contributed by atoms with Crippen molar-refractivity contribution in [2.75, 3.05) is 5.32 Å². The van der Waals surface area contributed by atoms with E-state index in [-0.39, 0.29) is 11.9 Å². The summed E-state index contributed by atoms with van der Waals surface area (Å²) in [5.74, 6) is 1.05. The molecular weight excluding hydrogens is 336 g/mol. The van der Waals surface area contributed by atoms with Gasteiger partial charge in [0, 0.05) is 17.3 Å². The Morgan fingerprint density at radius 3 is 2.84 bits per heavy atom. The second-order valence-electron chi connectivity index (χ2n) is 6.00. The second-order valence-corrected chi connectivity index (χ2v) is 6.95. The minimum Gasteiger partial charge on any atom is -0.376 e. The van der Waals surface area contributed by atoms with Gasteiger partial charge in [0.25, 0.3) is 5.91 Å². The van der Waals surface area contributed by atoms with E-state index in [1.54, 1.807) is 17.4 Å². The molecule has 6 nitrogen and oxygen atoms in total. The number of nitrogens with zero attached hydrogens (tertiary/aromatic N) is 2. The first kappa shape index (κ1) is 17.2. The summed E-state index contributed by atoms with van der Waals surface area (Å²) in [6.07, 6.45) is 0. The average molecular weight is 356 g/mol. The van der Waals surface area contributed by atoms with E-state index in [0.717, 1.165) is 16.1 Å². The fraction of sp³-hybridized carbons (Fsp3) is 0.278. The number of thiophene rings is 1. The molecule has 0 unspecified atom stereocenters. The van der Waals surface area contributed by atoms with Gasteiger partial charge in [0.2, 0.25) is 11.7 Å². The van der Waals surface area contributed by atoms with Gasteiger partial charge in [-0.3, -0.25) is 4.79 Å². The fourth-order valence-corrected chi connectivity index (χ4v) is 3.00. The zero-order valence-electron chi connectivity index (χ0n) is 14.4. The van der Waals surface area contributed by atoms with Gasteiger partial charge in [0.1, 0.15) is 0 Å². The highest BCUT2D eigenvalue weighted by Crippen LogP contribution is 2.22. The maximum Gasteiger partial charge on any atom is 0.251 e. The number of carbonyl (C=O) groups is 1. The minimum absolute atomic E-state index is 0.0675. The smallest absolute Gasteiger partial charge is 0.251 e. The predicted molar refractivity (Wildman–Crippen MR) is 98.7 cm³/mol. The molecule has 25 heavy (non-hydrogen) atoms. The molecule has 3 rings (SSSR count). The lowest BCUT2D eigenvalue weighted by Crippen LogP contribution is -2.30. The maximum atomic E-state index is 12.0. The number of rotatable bonds is 6. The normalized spacial score (nSPS) is 10.9. The van der Waals surface area contributed by atoms with Crippen LogP contribution in [-0.4, -0.2) is 22.1 Å². The molecule has 1 amide bonds. The Morgan fingerprint density at radius 1 is 1.32 bits per heavy atom. The molecule has 0 saturated carbocycles. The number of benzene rings is 1. The van der Waals surface area contributed by atoms with E-state index in [2.05, 4.69) is 20.8 Å². The van der Waals surface area contributed by atoms with Crippen molar-refractivity contribution >= 4 is 22.9 Å². The van der Waals surface area contributed by atoms with Gasteiger partial charge in [-0.1, -0.05) is 11.2 Å². The van der Waals surface area contributed by atoms with Gasteiger partial charge in [0.15, 0.2) is 0 Å². The molecular formula is C18H20N4O2S. The van der Waals surface area contributed by atoms with Crippen LogP contribution in [-0.2, 0) is 6.54 Å². The number of carbonyl (C=O) groups excluding carboxylic acids is 1. The van der Waals surface area contributed by atoms with Crippen molar-refractivity contribution in [1.29, 1.82) is 0 Å². The van der Waals surface area contributed by atoms with Crippen molar-refractivity contribution in [2.45, 2.75) is 33.4 Å². The average Bonchev–Trinajstić information content (AvgIpc) is 3.24. The quantitative estimate of drug-likeness (QED) is 0.701. The van der Waals surface area contributed by atoms with E-state index in [1.807, 2.05) is 50.4 Å². The zero-order valence-corrected chi connectivity index (χ0v) is 15.2. The Kier molecular flexibility index (Phi) is 5.14. The Balaban J connectivity index is 1.64. The molecule has 0 radical (unpaired) electrons. The third kappa shape index (κ3) is 4.24. The van der Waals surface area contributed by atoms with Crippen LogP contribution in [0, 0.1) is 6.92 Å². The largest absolute Gasteiger partial charge is 0.376 e. The van der Waals surface area contributed by atoms with Gasteiger partial charge in [-0.2, -0.15) is 4.98 Å². The third-order valence-electron chi connectivity index (χ3n) is 3.55. The topological polar surface area (TPSA) is 80.0 Å². The number of hydrogen-bond acceptors (Lipinski definition) is 6. The molecule has 2 aromatic heterocycles. The van der Waals surface area contributed by atoms with E-state index in [0.29, 0.717) is 23.8 Å². The summed E-state index contributed by atoms with van der Waals surface area (Å²) in [5, 5.41) is 12.1. The molecule has 0 bridgehead atoms. The van der Waals surface area contributed by atoms with E-state index in [1.165, 1.54) is 0 Å². The fourth-order valence-electron chi connectivity index (χ4n) is 2.35. The Labute approximate surface area is 150 Å². The lowest BCUT2D eigenvalue weighted by molar-refractivity contribution is 0.0943. The summed E-state index contributed by atoms with van der Waals surface area (Å²) in [6, 6.07) is 9.58. The lowest BCUT2D eigenvalue weighted by Gasteiger charge is -2.11. The van der Waals surface area contributed by atoms with Crippen molar-refractivity contribution in [2.24, 2.45) is 0 Å². The van der Waals surface area contributed by atoms with E-state index in [9.17, 15) is 4.79 Å². The van der Waals surface area contributed by atoms with Crippen LogP contribution in [0.4, 0.5) is 5.69 Å². The summed E-state index contributed by atoms with van der Waals surface area (Å²) < 4.78 is 5.27. The molecule has 0 saturated heterocycles. The highest BCUT2D eigenvalue weighted by Gasteiger charge is 2.11. The van der Waals surface area contributed by atoms with Crippen LogP contribution >= 0.6 is 11.3 Å². The van der Waals surface area contributed by atoms with Crippen molar-refractivity contribution in [3.63, 3.8) is 0 Å². The summed E-state index contributed by atoms with van der Waals surface area (Å²) in [5.41, 5.74) is 2.56. The summed E-state index contributed by atoms with van der Waals surface area (Å²) >= 11 is 1.57. The molecule has 0 spiro atoms. The molecule has 2 N–H and O–H groups in total. The predicted octanol–water partition coefficient (Wildman–Crippen LogP) is 3.86. The molecule has 7 heteroatoms. The van der Waals surface area contributed by atoms with Gasteiger partial charge in [0.05, 0.1) is 11.4 Å². The van der Waals surface area contributed by atoms with E-state index >= 15 is 0 Å². The van der Waals surface area contributed by atoms with Crippen molar-refractivity contribution in [3.05, 3.63) is 52.7 Å². The van der Waals surface area contributed by atoms with Crippen LogP contribution < -0.4 is 10.6 Å². The van der Waals surface area contributed by atoms with E-state index in [4.69, 9.17) is 4.52 Å². The summed E-state index contributed by atoms with van der Waals surface area (Å²) in [7, 11) is 0. The van der Waals surface area contributed by atoms with Gasteiger partial charge in [-0.15, -0.1) is 11.3 Å². The first-order chi connectivity index (χ1) is 12.0. The van der Waals surface area contributed by atoms with Gasteiger partial charge < -0.3 is 15.2 Å². The van der Waals surface area contributed by atoms with Crippen LogP contribution in [0.5, 0.6) is 0 Å². The lowest BCUT2D eigenvalue weighted by atomic mass is 10.1. The third-order valence-corrected chi connectivity index (χ3v) is 4.41. The molecule has 2 heterocycles. The number of aromatic nitrogens is 2. The van der Waals surface area contributed by atoms with E-state index < -0.39 is 0 Å². The maximum absolute atomic E-state index is 12.0. The first-order valence-corrected chi connectivity index (χ1v) is 8.92. The SMILES string of the molecule is Cc1cc(C(=O)NC(C)C)ccc1NCc1nc(-c2cccs2)no1. The van der Waals surface area contributed by atoms with Crippen molar-refractivity contribution < 1.29 is 9.32 Å². The Bertz CT molecular complexity index is 856. The zero-order chi connectivity index (χ0) is 17.8. The van der Waals surface area contributed by atoms with Crippen LogP contribution in [0.25, 0.3) is 10.7 Å². The van der Waals surface area contributed by atoms with Crippen molar-refractivity contribution in [1.82, 2.24) is 15.5 Å². The summed E-state index contributed by atoms with van der Waals surface area (Å²) in [6.45, 7) is 6.27. The van der Waals surface area contributed by atoms with Crippen LogP contribution in [0.3, 0.4) is 0 Å². The first-order valence-electron chi connectivity index (χ1n) is 8.05. The van der Waals surface area contributed by atoms with Gasteiger partial charge >= 0.3 is 0 Å². The number of nitrogens with one attached hydrogen (secondary N) is 2. The molecule has 0 aliphatic rings. The van der Waals surface area contributed by atoms with Crippen molar-refractivity contribution in [3.8, 4) is 10.7 Å². The number of anilines is 1. The molecule has 130 valence electrons. The standard InChI is InChI=1S/C18H20N4O2S/c1-11(2)20-18(23)13-6-7-14(12(3)9-13)19-10-16-21-17(22-24-16)15-5-4-8-25-15/h4-9,11,19H,10H2,1-3H3,(H,20,23).